The molecule has 0 saturated heterocycles. The molecular formula is C9H11N7O2. The number of nitrogens with zero attached hydrogens (tertiary/aromatic N) is 7. The van der Waals surface area contributed by atoms with E-state index in [9.17, 15) is 10.1 Å². The summed E-state index contributed by atoms with van der Waals surface area (Å²) in [6.45, 7) is 1.99. The lowest BCUT2D eigenvalue weighted by atomic mass is 10.5. The number of hydrogen-bond donors (Lipinski definition) is 0. The fraction of sp³-hybridized carbons (Fsp3) is 0.556. The first-order valence-corrected chi connectivity index (χ1v) is 5.60. The molecule has 1 aliphatic rings. The second-order valence-electron chi connectivity index (χ2n) is 4.28. The van der Waals surface area contributed by atoms with Crippen molar-refractivity contribution in [3.63, 3.8) is 0 Å². The molecule has 0 unspecified atom stereocenters. The molecule has 1 fully saturated rings. The number of aromatic nitrogens is 6. The third-order valence-electron chi connectivity index (χ3n) is 2.97. The Morgan fingerprint density at radius 3 is 3.00 bits per heavy atom. The highest BCUT2D eigenvalue weighted by molar-refractivity contribution is 5.20. The lowest BCUT2D eigenvalue weighted by Crippen LogP contribution is -2.12. The molecule has 0 aliphatic heterocycles. The molecule has 2 aromatic heterocycles. The predicted molar refractivity (Wildman–Crippen MR) is 58.8 cm³/mol. The number of rotatable bonds is 4. The molecule has 0 N–H and O–H groups in total. The Morgan fingerprint density at radius 2 is 2.33 bits per heavy atom. The third kappa shape index (κ3) is 1.73. The average molecular weight is 249 g/mol. The molecule has 1 saturated carbocycles. The lowest BCUT2D eigenvalue weighted by molar-refractivity contribution is -0.392. The van der Waals surface area contributed by atoms with Gasteiger partial charge in [-0.3, -0.25) is 0 Å². The van der Waals surface area contributed by atoms with Gasteiger partial charge in [-0.25, -0.2) is 14.2 Å². The van der Waals surface area contributed by atoms with Crippen LogP contribution in [0.3, 0.4) is 0 Å². The van der Waals surface area contributed by atoms with E-state index in [1.807, 2.05) is 0 Å². The van der Waals surface area contributed by atoms with E-state index in [2.05, 4.69) is 20.5 Å². The fourth-order valence-corrected chi connectivity index (χ4v) is 1.86. The predicted octanol–water partition coefficient (Wildman–Crippen LogP) is 0.469. The van der Waals surface area contributed by atoms with Crippen molar-refractivity contribution in [3.8, 4) is 0 Å². The minimum Gasteiger partial charge on any atom is -0.358 e. The maximum absolute atomic E-state index is 10.9. The summed E-state index contributed by atoms with van der Waals surface area (Å²) < 4.78 is 3.24. The van der Waals surface area contributed by atoms with Crippen LogP contribution < -0.4 is 0 Å². The summed E-state index contributed by atoms with van der Waals surface area (Å²) in [5.74, 6) is 1.16. The van der Waals surface area contributed by atoms with Crippen molar-refractivity contribution in [2.45, 2.75) is 32.4 Å². The summed E-state index contributed by atoms with van der Waals surface area (Å²) >= 11 is 0. The van der Waals surface area contributed by atoms with E-state index in [-0.39, 0.29) is 12.4 Å². The van der Waals surface area contributed by atoms with Gasteiger partial charge in [0, 0.05) is 6.92 Å². The van der Waals surface area contributed by atoms with Gasteiger partial charge in [0.1, 0.15) is 6.20 Å². The van der Waals surface area contributed by atoms with E-state index in [0.717, 1.165) is 12.8 Å². The SMILES string of the molecule is Cc1ncc([N+](=O)[O-])n1Cc1nnnn1C1CC1. The molecule has 2 aromatic rings. The molecule has 0 bridgehead atoms. The van der Waals surface area contributed by atoms with E-state index in [1.54, 1.807) is 11.6 Å². The average Bonchev–Trinajstić information content (AvgIpc) is 2.96. The topological polar surface area (TPSA) is 105 Å². The van der Waals surface area contributed by atoms with Crippen molar-refractivity contribution in [2.75, 3.05) is 0 Å². The van der Waals surface area contributed by atoms with Crippen molar-refractivity contribution >= 4 is 5.82 Å². The normalized spacial score (nSPS) is 14.9. The largest absolute Gasteiger partial charge is 0.358 e. The molecule has 0 radical (unpaired) electrons. The van der Waals surface area contributed by atoms with E-state index in [4.69, 9.17) is 0 Å². The molecule has 9 nitrogen and oxygen atoms in total. The minimum atomic E-state index is -0.453. The highest BCUT2D eigenvalue weighted by atomic mass is 16.6. The van der Waals surface area contributed by atoms with Gasteiger partial charge in [0.15, 0.2) is 18.2 Å². The summed E-state index contributed by atoms with van der Waals surface area (Å²) in [7, 11) is 0. The molecule has 0 aromatic carbocycles. The van der Waals surface area contributed by atoms with Gasteiger partial charge in [-0.05, 0) is 28.2 Å². The van der Waals surface area contributed by atoms with Gasteiger partial charge in [-0.2, -0.15) is 0 Å². The van der Waals surface area contributed by atoms with Crippen molar-refractivity contribution in [1.29, 1.82) is 0 Å². The Morgan fingerprint density at radius 1 is 1.56 bits per heavy atom. The van der Waals surface area contributed by atoms with Crippen LogP contribution in [0.2, 0.25) is 0 Å². The molecule has 2 heterocycles. The molecular weight excluding hydrogens is 238 g/mol. The van der Waals surface area contributed by atoms with Crippen LogP contribution in [0.1, 0.15) is 30.5 Å². The van der Waals surface area contributed by atoms with Gasteiger partial charge < -0.3 is 10.1 Å². The maximum atomic E-state index is 10.9. The number of nitro groups is 1. The summed E-state index contributed by atoms with van der Waals surface area (Å²) in [6.07, 6.45) is 3.37. The van der Waals surface area contributed by atoms with Gasteiger partial charge in [0.25, 0.3) is 0 Å². The summed E-state index contributed by atoms with van der Waals surface area (Å²) in [6, 6.07) is 0.345. The van der Waals surface area contributed by atoms with Gasteiger partial charge in [-0.1, -0.05) is 0 Å². The quantitative estimate of drug-likeness (QED) is 0.576. The summed E-state index contributed by atoms with van der Waals surface area (Å²) in [5.41, 5.74) is 0. The van der Waals surface area contributed by atoms with Gasteiger partial charge in [-0.15, -0.1) is 5.10 Å². The molecule has 0 amide bonds. The lowest BCUT2D eigenvalue weighted by Gasteiger charge is -2.03. The summed E-state index contributed by atoms with van der Waals surface area (Å²) in [4.78, 5) is 14.4. The standard InChI is InChI=1S/C9H11N7O2/c1-6-10-4-9(16(17)18)14(6)5-8-11-12-13-15(8)7-2-3-7/h4,7H,2-3,5H2,1H3. The highest BCUT2D eigenvalue weighted by Crippen LogP contribution is 2.34. The van der Waals surface area contributed by atoms with Crippen LogP contribution in [-0.4, -0.2) is 34.7 Å². The molecule has 94 valence electrons. The van der Waals surface area contributed by atoms with Crippen molar-refractivity contribution in [1.82, 2.24) is 29.8 Å². The Kier molecular flexibility index (Phi) is 2.32. The second-order valence-corrected chi connectivity index (χ2v) is 4.28. The Bertz CT molecular complexity index is 598. The van der Waals surface area contributed by atoms with Crippen LogP contribution in [0.5, 0.6) is 0 Å². The smallest absolute Gasteiger partial charge is 0.343 e. The number of hydrogen-bond acceptors (Lipinski definition) is 6. The molecule has 1 aliphatic carbocycles. The van der Waals surface area contributed by atoms with Gasteiger partial charge in [0.2, 0.25) is 0 Å². The zero-order chi connectivity index (χ0) is 12.7. The highest BCUT2D eigenvalue weighted by Gasteiger charge is 2.29. The van der Waals surface area contributed by atoms with Crippen LogP contribution in [0.4, 0.5) is 5.82 Å². The Balaban J connectivity index is 1.94. The van der Waals surface area contributed by atoms with E-state index < -0.39 is 4.92 Å². The number of tetrazole rings is 1. The monoisotopic (exact) mass is 249 g/mol. The number of imidazole rings is 1. The van der Waals surface area contributed by atoms with Crippen LogP contribution in [0.25, 0.3) is 0 Å². The van der Waals surface area contributed by atoms with E-state index in [0.29, 0.717) is 17.7 Å². The molecule has 0 spiro atoms. The van der Waals surface area contributed by atoms with Gasteiger partial charge in [0.05, 0.1) is 6.04 Å². The van der Waals surface area contributed by atoms with Crippen molar-refractivity contribution in [2.24, 2.45) is 0 Å². The Hall–Kier alpha value is -2.32. The van der Waals surface area contributed by atoms with Gasteiger partial charge >= 0.3 is 5.82 Å². The first-order chi connectivity index (χ1) is 8.66. The molecule has 0 atom stereocenters. The van der Waals surface area contributed by atoms with Crippen LogP contribution in [0.15, 0.2) is 6.20 Å². The maximum Gasteiger partial charge on any atom is 0.343 e. The Labute approximate surface area is 102 Å². The third-order valence-corrected chi connectivity index (χ3v) is 2.97. The van der Waals surface area contributed by atoms with Crippen LogP contribution >= 0.6 is 0 Å². The second kappa shape index (κ2) is 3.86. The van der Waals surface area contributed by atoms with Crippen molar-refractivity contribution < 1.29 is 4.92 Å². The molecule has 3 rings (SSSR count). The fourth-order valence-electron chi connectivity index (χ4n) is 1.86. The molecule has 9 heteroatoms. The summed E-state index contributed by atoms with van der Waals surface area (Å²) in [5, 5.41) is 22.3. The zero-order valence-corrected chi connectivity index (χ0v) is 9.72. The van der Waals surface area contributed by atoms with Crippen LogP contribution in [-0.2, 0) is 6.54 Å². The first kappa shape index (κ1) is 10.8. The minimum absolute atomic E-state index is 0.0437. The first-order valence-electron chi connectivity index (χ1n) is 5.60. The van der Waals surface area contributed by atoms with Crippen molar-refractivity contribution in [3.05, 3.63) is 28.0 Å². The number of aryl methyl sites for hydroxylation is 1. The van der Waals surface area contributed by atoms with E-state index in [1.165, 1.54) is 10.8 Å². The molecule has 18 heavy (non-hydrogen) atoms. The van der Waals surface area contributed by atoms with Crippen LogP contribution in [0, 0.1) is 17.0 Å². The van der Waals surface area contributed by atoms with E-state index >= 15 is 0 Å². The zero-order valence-electron chi connectivity index (χ0n) is 9.72.